The fourth-order valence-electron chi connectivity index (χ4n) is 2.42. The summed E-state index contributed by atoms with van der Waals surface area (Å²) in [5.74, 6) is -0.145. The number of pyridine rings is 1. The van der Waals surface area contributed by atoms with Crippen molar-refractivity contribution in [2.75, 3.05) is 13.2 Å². The zero-order valence-corrected chi connectivity index (χ0v) is 11.6. The Bertz CT molecular complexity index is 474. The molecule has 1 aromatic heterocycles. The fraction of sp³-hybridized carbons (Fsp3) is 0.533. The van der Waals surface area contributed by atoms with Crippen LogP contribution in [0.15, 0.2) is 24.4 Å². The summed E-state index contributed by atoms with van der Waals surface area (Å²) in [5.41, 5.74) is -1.16. The molecule has 1 saturated carbocycles. The number of nitrogens with zero attached hydrogens (tertiary/aromatic N) is 1. The molecule has 20 heavy (non-hydrogen) atoms. The van der Waals surface area contributed by atoms with Gasteiger partial charge in [0.25, 0.3) is 0 Å². The van der Waals surface area contributed by atoms with E-state index in [-0.39, 0.29) is 19.0 Å². The van der Waals surface area contributed by atoms with Crippen molar-refractivity contribution in [3.05, 3.63) is 24.4 Å². The van der Waals surface area contributed by atoms with E-state index in [1.54, 1.807) is 31.3 Å². The Labute approximate surface area is 118 Å². The second kappa shape index (κ2) is 6.50. The molecule has 0 radical (unpaired) electrons. The maximum Gasteiger partial charge on any atom is 0.323 e. The van der Waals surface area contributed by atoms with Crippen LogP contribution in [0, 0.1) is 5.41 Å². The lowest BCUT2D eigenvalue weighted by molar-refractivity contribution is -0.164. The van der Waals surface area contributed by atoms with Gasteiger partial charge in [0.05, 0.1) is 6.61 Å². The fourth-order valence-corrected chi connectivity index (χ4v) is 2.42. The molecule has 1 aliphatic rings. The normalized spacial score (nSPS) is 22.4. The highest BCUT2D eigenvalue weighted by Gasteiger charge is 2.49. The van der Waals surface area contributed by atoms with E-state index in [2.05, 4.69) is 4.98 Å². The Kier molecular flexibility index (Phi) is 4.71. The maximum absolute atomic E-state index is 12.3. The molecule has 1 atom stereocenters. The Morgan fingerprint density at radius 1 is 1.40 bits per heavy atom. The molecule has 1 aromatic rings. The quantitative estimate of drug-likeness (QED) is 0.609. The first-order valence-corrected chi connectivity index (χ1v) is 6.93. The molecule has 5 nitrogen and oxygen atoms in total. The molecular weight excluding hydrogens is 258 g/mol. The number of carbonyl (C=O) groups is 2. The number of hydrogen-bond donors (Lipinski definition) is 0. The largest absolute Gasteiger partial charge is 0.476 e. The molecule has 108 valence electrons. The van der Waals surface area contributed by atoms with E-state index in [1.807, 2.05) is 0 Å². The molecule has 0 bridgehead atoms. The monoisotopic (exact) mass is 277 g/mol. The molecular formula is C15H19NO4. The summed E-state index contributed by atoms with van der Waals surface area (Å²) in [6, 6.07) is 5.27. The van der Waals surface area contributed by atoms with Gasteiger partial charge in [-0.1, -0.05) is 12.5 Å². The molecule has 1 aliphatic carbocycles. The molecule has 0 aromatic carbocycles. The average molecular weight is 277 g/mol. The molecule has 0 aliphatic heterocycles. The van der Waals surface area contributed by atoms with Gasteiger partial charge in [-0.2, -0.15) is 0 Å². The van der Waals surface area contributed by atoms with Gasteiger partial charge in [-0.25, -0.2) is 4.98 Å². The molecule has 0 saturated heterocycles. The molecule has 1 unspecified atom stereocenters. The van der Waals surface area contributed by atoms with E-state index < -0.39 is 11.4 Å². The van der Waals surface area contributed by atoms with Gasteiger partial charge in [-0.05, 0) is 25.8 Å². The summed E-state index contributed by atoms with van der Waals surface area (Å²) >= 11 is 0. The first-order chi connectivity index (χ1) is 9.69. The van der Waals surface area contributed by atoms with Gasteiger partial charge in [0.15, 0.2) is 11.2 Å². The molecule has 0 spiro atoms. The highest BCUT2D eigenvalue weighted by Crippen LogP contribution is 2.35. The third-order valence-electron chi connectivity index (χ3n) is 3.56. The summed E-state index contributed by atoms with van der Waals surface area (Å²) in [6.45, 7) is 2.00. The van der Waals surface area contributed by atoms with Crippen LogP contribution in [0.25, 0.3) is 0 Å². The Hall–Kier alpha value is -1.91. The van der Waals surface area contributed by atoms with Crippen molar-refractivity contribution in [1.29, 1.82) is 0 Å². The van der Waals surface area contributed by atoms with E-state index in [1.165, 1.54) is 0 Å². The number of hydrogen-bond acceptors (Lipinski definition) is 5. The number of Topliss-reactive ketones (excluding diaryl/α,β-unsaturated/α-hetero) is 1. The third kappa shape index (κ3) is 2.98. The molecule has 2 rings (SSSR count). The summed E-state index contributed by atoms with van der Waals surface area (Å²) in [4.78, 5) is 28.5. The van der Waals surface area contributed by atoms with Gasteiger partial charge in [0.2, 0.25) is 5.88 Å². The van der Waals surface area contributed by atoms with Gasteiger partial charge in [0, 0.05) is 18.7 Å². The van der Waals surface area contributed by atoms with Crippen LogP contribution in [-0.2, 0) is 14.3 Å². The van der Waals surface area contributed by atoms with E-state index in [9.17, 15) is 9.59 Å². The maximum atomic E-state index is 12.3. The van der Waals surface area contributed by atoms with Crippen LogP contribution < -0.4 is 4.74 Å². The van der Waals surface area contributed by atoms with Crippen molar-refractivity contribution in [2.45, 2.75) is 32.6 Å². The van der Waals surface area contributed by atoms with E-state index >= 15 is 0 Å². The average Bonchev–Trinajstić information content (AvgIpc) is 2.48. The minimum atomic E-state index is -1.16. The van der Waals surface area contributed by atoms with Crippen molar-refractivity contribution in [2.24, 2.45) is 5.41 Å². The molecule has 0 amide bonds. The van der Waals surface area contributed by atoms with Crippen molar-refractivity contribution >= 4 is 11.8 Å². The van der Waals surface area contributed by atoms with Gasteiger partial charge < -0.3 is 9.47 Å². The van der Waals surface area contributed by atoms with Crippen LogP contribution in [-0.4, -0.2) is 30.0 Å². The summed E-state index contributed by atoms with van der Waals surface area (Å²) in [7, 11) is 0. The van der Waals surface area contributed by atoms with Crippen LogP contribution in [0.4, 0.5) is 0 Å². The number of carbonyl (C=O) groups excluding carboxylic acids is 2. The second-order valence-corrected chi connectivity index (χ2v) is 4.89. The van der Waals surface area contributed by atoms with Crippen LogP contribution in [0.3, 0.4) is 0 Å². The Morgan fingerprint density at radius 2 is 2.25 bits per heavy atom. The number of esters is 1. The lowest BCUT2D eigenvalue weighted by Gasteiger charge is -2.32. The van der Waals surface area contributed by atoms with Crippen LogP contribution in [0.1, 0.15) is 32.6 Å². The smallest absolute Gasteiger partial charge is 0.323 e. The molecule has 0 N–H and O–H groups in total. The predicted octanol–water partition coefficient (Wildman–Crippen LogP) is 2.15. The topological polar surface area (TPSA) is 65.5 Å². The second-order valence-electron chi connectivity index (χ2n) is 4.89. The van der Waals surface area contributed by atoms with Crippen LogP contribution in [0.2, 0.25) is 0 Å². The minimum absolute atomic E-state index is 0.00167. The third-order valence-corrected chi connectivity index (χ3v) is 3.56. The van der Waals surface area contributed by atoms with Gasteiger partial charge in [-0.3, -0.25) is 9.59 Å². The molecule has 1 heterocycles. The van der Waals surface area contributed by atoms with Crippen LogP contribution in [0.5, 0.6) is 5.88 Å². The molecule has 1 fully saturated rings. The lowest BCUT2D eigenvalue weighted by atomic mass is 9.73. The number of ketones is 1. The first kappa shape index (κ1) is 14.5. The van der Waals surface area contributed by atoms with Gasteiger partial charge in [-0.15, -0.1) is 0 Å². The van der Waals surface area contributed by atoms with Crippen molar-refractivity contribution in [1.82, 2.24) is 4.98 Å². The zero-order chi connectivity index (χ0) is 14.4. The SMILES string of the molecule is CCOC(=O)C1(COc2ccccn2)CCCCC1=O. The van der Waals surface area contributed by atoms with Crippen molar-refractivity contribution in [3.8, 4) is 5.88 Å². The molecule has 5 heteroatoms. The highest BCUT2D eigenvalue weighted by molar-refractivity contribution is 6.04. The minimum Gasteiger partial charge on any atom is -0.476 e. The summed E-state index contributed by atoms with van der Waals surface area (Å²) < 4.78 is 10.6. The first-order valence-electron chi connectivity index (χ1n) is 6.93. The summed E-state index contributed by atoms with van der Waals surface area (Å²) in [5, 5.41) is 0. The van der Waals surface area contributed by atoms with E-state index in [0.717, 1.165) is 12.8 Å². The predicted molar refractivity (Wildman–Crippen MR) is 72.3 cm³/mol. The van der Waals surface area contributed by atoms with Gasteiger partial charge in [0.1, 0.15) is 6.61 Å². The van der Waals surface area contributed by atoms with E-state index in [4.69, 9.17) is 9.47 Å². The van der Waals surface area contributed by atoms with Gasteiger partial charge >= 0.3 is 5.97 Å². The Morgan fingerprint density at radius 3 is 2.90 bits per heavy atom. The number of aromatic nitrogens is 1. The van der Waals surface area contributed by atoms with Crippen LogP contribution >= 0.6 is 0 Å². The van der Waals surface area contributed by atoms with Crippen molar-refractivity contribution in [3.63, 3.8) is 0 Å². The highest BCUT2D eigenvalue weighted by atomic mass is 16.5. The van der Waals surface area contributed by atoms with E-state index in [0.29, 0.717) is 18.7 Å². The number of ether oxygens (including phenoxy) is 2. The number of rotatable bonds is 5. The zero-order valence-electron chi connectivity index (χ0n) is 11.6. The Balaban J connectivity index is 2.14. The summed E-state index contributed by atoms with van der Waals surface area (Å²) in [6.07, 6.45) is 4.15. The van der Waals surface area contributed by atoms with Crippen molar-refractivity contribution < 1.29 is 19.1 Å². The standard InChI is InChI=1S/C15H19NO4/c1-2-19-14(18)15(9-5-3-7-12(15)17)11-20-13-8-4-6-10-16-13/h4,6,8,10H,2-3,5,7,9,11H2,1H3. The lowest BCUT2D eigenvalue weighted by Crippen LogP contribution is -2.47.